The van der Waals surface area contributed by atoms with Crippen LogP contribution in [0.2, 0.25) is 0 Å². The normalized spacial score (nSPS) is 10.8. The van der Waals surface area contributed by atoms with Crippen molar-refractivity contribution in [2.24, 2.45) is 0 Å². The summed E-state index contributed by atoms with van der Waals surface area (Å²) in [6, 6.07) is 6.10. The Morgan fingerprint density at radius 2 is 1.95 bits per heavy atom. The van der Waals surface area contributed by atoms with Crippen LogP contribution in [-0.4, -0.2) is 45.8 Å². The molecule has 0 spiro atoms. The lowest BCUT2D eigenvalue weighted by Gasteiger charge is -2.12. The molecule has 1 aromatic carbocycles. The number of hydrogen-bond donors (Lipinski definition) is 1. The summed E-state index contributed by atoms with van der Waals surface area (Å²) in [4.78, 5) is 2.22. The van der Waals surface area contributed by atoms with Crippen molar-refractivity contribution < 1.29 is 9.47 Å². The fourth-order valence-corrected chi connectivity index (χ4v) is 2.01. The van der Waals surface area contributed by atoms with Gasteiger partial charge in [-0.2, -0.15) is 0 Å². The number of benzene rings is 1. The molecule has 1 rings (SSSR count). The molecule has 4 nitrogen and oxygen atoms in total. The average Bonchev–Trinajstić information content (AvgIpc) is 2.44. The van der Waals surface area contributed by atoms with Crippen molar-refractivity contribution in [3.05, 3.63) is 23.8 Å². The van der Waals surface area contributed by atoms with Crippen molar-refractivity contribution in [3.8, 4) is 11.5 Å². The molecule has 1 aromatic rings. The highest BCUT2D eigenvalue weighted by Crippen LogP contribution is 2.27. The molecule has 0 saturated heterocycles. The number of methoxy groups -OCH3 is 1. The van der Waals surface area contributed by atoms with Crippen molar-refractivity contribution in [1.29, 1.82) is 0 Å². The first-order chi connectivity index (χ1) is 9.67. The van der Waals surface area contributed by atoms with Crippen LogP contribution >= 0.6 is 0 Å². The zero-order valence-electron chi connectivity index (χ0n) is 13.2. The van der Waals surface area contributed by atoms with Crippen LogP contribution in [0.3, 0.4) is 0 Å². The van der Waals surface area contributed by atoms with E-state index in [1.165, 1.54) is 18.4 Å². The van der Waals surface area contributed by atoms with Crippen molar-refractivity contribution >= 4 is 0 Å². The van der Waals surface area contributed by atoms with Gasteiger partial charge in [-0.1, -0.05) is 6.07 Å². The van der Waals surface area contributed by atoms with Crippen molar-refractivity contribution in [1.82, 2.24) is 10.2 Å². The van der Waals surface area contributed by atoms with Gasteiger partial charge in [-0.15, -0.1) is 0 Å². The lowest BCUT2D eigenvalue weighted by Crippen LogP contribution is -2.18. The summed E-state index contributed by atoms with van der Waals surface area (Å²) < 4.78 is 10.9. The largest absolute Gasteiger partial charge is 0.493 e. The minimum absolute atomic E-state index is 0.653. The van der Waals surface area contributed by atoms with Gasteiger partial charge in [0.05, 0.1) is 13.7 Å². The maximum atomic E-state index is 5.51. The van der Waals surface area contributed by atoms with Crippen LogP contribution < -0.4 is 14.8 Å². The van der Waals surface area contributed by atoms with Gasteiger partial charge in [0.15, 0.2) is 11.5 Å². The maximum Gasteiger partial charge on any atom is 0.161 e. The van der Waals surface area contributed by atoms with E-state index in [0.29, 0.717) is 6.61 Å². The van der Waals surface area contributed by atoms with Gasteiger partial charge in [-0.05, 0) is 64.6 Å². The molecule has 0 aliphatic carbocycles. The smallest absolute Gasteiger partial charge is 0.161 e. The summed E-state index contributed by atoms with van der Waals surface area (Å²) >= 11 is 0. The second-order valence-electron chi connectivity index (χ2n) is 5.11. The second kappa shape index (κ2) is 9.61. The number of unbranched alkanes of at least 4 members (excludes halogenated alkanes) is 1. The summed E-state index contributed by atoms with van der Waals surface area (Å²) in [5.41, 5.74) is 1.22. The topological polar surface area (TPSA) is 33.7 Å². The summed E-state index contributed by atoms with van der Waals surface area (Å²) in [5.74, 6) is 1.61. The fraction of sp³-hybridized carbons (Fsp3) is 0.625. The molecule has 0 aliphatic rings. The van der Waals surface area contributed by atoms with E-state index < -0.39 is 0 Å². The van der Waals surface area contributed by atoms with E-state index in [1.807, 2.05) is 19.1 Å². The predicted octanol–water partition coefficient (Wildman–Crippen LogP) is 2.53. The molecule has 0 aliphatic heterocycles. The van der Waals surface area contributed by atoms with Gasteiger partial charge in [0.25, 0.3) is 0 Å². The van der Waals surface area contributed by atoms with E-state index in [1.54, 1.807) is 7.11 Å². The molecule has 0 radical (unpaired) electrons. The molecule has 0 fully saturated rings. The average molecular weight is 280 g/mol. The Labute approximate surface area is 123 Å². The first-order valence-corrected chi connectivity index (χ1v) is 7.32. The van der Waals surface area contributed by atoms with Gasteiger partial charge in [-0.25, -0.2) is 0 Å². The van der Waals surface area contributed by atoms with Crippen LogP contribution in [0, 0.1) is 0 Å². The van der Waals surface area contributed by atoms with E-state index in [2.05, 4.69) is 30.4 Å². The molecule has 0 bridgehead atoms. The van der Waals surface area contributed by atoms with Gasteiger partial charge in [0, 0.05) is 6.54 Å². The van der Waals surface area contributed by atoms with E-state index >= 15 is 0 Å². The second-order valence-corrected chi connectivity index (χ2v) is 5.11. The third kappa shape index (κ3) is 6.26. The first kappa shape index (κ1) is 16.8. The summed E-state index contributed by atoms with van der Waals surface area (Å²) in [7, 11) is 5.90. The van der Waals surface area contributed by atoms with Crippen LogP contribution in [0.4, 0.5) is 0 Å². The molecule has 0 amide bonds. The summed E-state index contributed by atoms with van der Waals surface area (Å²) in [5, 5.41) is 3.46. The Morgan fingerprint density at radius 3 is 2.60 bits per heavy atom. The molecule has 0 unspecified atom stereocenters. The first-order valence-electron chi connectivity index (χ1n) is 7.32. The van der Waals surface area contributed by atoms with Gasteiger partial charge in [0.2, 0.25) is 0 Å². The predicted molar refractivity (Wildman–Crippen MR) is 83.7 cm³/mol. The lowest BCUT2D eigenvalue weighted by molar-refractivity contribution is 0.310. The van der Waals surface area contributed by atoms with Crippen LogP contribution in [0.15, 0.2) is 18.2 Å². The zero-order valence-corrected chi connectivity index (χ0v) is 13.2. The highest BCUT2D eigenvalue weighted by molar-refractivity contribution is 5.42. The summed E-state index contributed by atoms with van der Waals surface area (Å²) in [6.07, 6.45) is 2.43. The molecule has 0 saturated carbocycles. The van der Waals surface area contributed by atoms with Crippen LogP contribution in [0.25, 0.3) is 0 Å². The molecule has 0 aromatic heterocycles. The molecule has 20 heavy (non-hydrogen) atoms. The van der Waals surface area contributed by atoms with Crippen LogP contribution in [-0.2, 0) is 6.54 Å². The Balaban J connectivity index is 2.33. The van der Waals surface area contributed by atoms with Gasteiger partial charge in [0.1, 0.15) is 0 Å². The van der Waals surface area contributed by atoms with Crippen molar-refractivity contribution in [3.63, 3.8) is 0 Å². The van der Waals surface area contributed by atoms with E-state index in [4.69, 9.17) is 9.47 Å². The SMILES string of the molecule is CCOc1ccc(CNCCCCN(C)C)cc1OC. The summed E-state index contributed by atoms with van der Waals surface area (Å²) in [6.45, 7) is 5.69. The van der Waals surface area contributed by atoms with Gasteiger partial charge >= 0.3 is 0 Å². The Morgan fingerprint density at radius 1 is 1.15 bits per heavy atom. The van der Waals surface area contributed by atoms with Crippen LogP contribution in [0.1, 0.15) is 25.3 Å². The standard InChI is InChI=1S/C16H28N2O2/c1-5-20-15-9-8-14(12-16(15)19-4)13-17-10-6-7-11-18(2)3/h8-9,12,17H,5-7,10-11,13H2,1-4H3. The number of nitrogens with one attached hydrogen (secondary N) is 1. The molecule has 1 N–H and O–H groups in total. The molecular weight excluding hydrogens is 252 g/mol. The zero-order chi connectivity index (χ0) is 14.8. The number of rotatable bonds is 10. The number of nitrogens with zero attached hydrogens (tertiary/aromatic N) is 1. The number of ether oxygens (including phenoxy) is 2. The monoisotopic (exact) mass is 280 g/mol. The molecule has 0 atom stereocenters. The minimum Gasteiger partial charge on any atom is -0.493 e. The van der Waals surface area contributed by atoms with Crippen molar-refractivity contribution in [2.45, 2.75) is 26.3 Å². The quantitative estimate of drug-likeness (QED) is 0.668. The van der Waals surface area contributed by atoms with E-state index in [9.17, 15) is 0 Å². The molecular formula is C16H28N2O2. The fourth-order valence-electron chi connectivity index (χ4n) is 2.01. The minimum atomic E-state index is 0.653. The Kier molecular flexibility index (Phi) is 8.07. The Hall–Kier alpha value is -1.26. The highest BCUT2D eigenvalue weighted by Gasteiger charge is 2.04. The van der Waals surface area contributed by atoms with E-state index in [-0.39, 0.29) is 0 Å². The van der Waals surface area contributed by atoms with E-state index in [0.717, 1.165) is 31.1 Å². The lowest BCUT2D eigenvalue weighted by atomic mass is 10.2. The van der Waals surface area contributed by atoms with Gasteiger partial charge < -0.3 is 19.7 Å². The molecule has 0 heterocycles. The third-order valence-corrected chi connectivity index (χ3v) is 3.07. The maximum absolute atomic E-state index is 5.51. The third-order valence-electron chi connectivity index (χ3n) is 3.07. The van der Waals surface area contributed by atoms with Crippen LogP contribution in [0.5, 0.6) is 11.5 Å². The number of hydrogen-bond acceptors (Lipinski definition) is 4. The molecule has 114 valence electrons. The van der Waals surface area contributed by atoms with Crippen molar-refractivity contribution in [2.75, 3.05) is 40.9 Å². The van der Waals surface area contributed by atoms with Gasteiger partial charge in [-0.3, -0.25) is 0 Å². The molecule has 4 heteroatoms. The highest BCUT2D eigenvalue weighted by atomic mass is 16.5. The Bertz CT molecular complexity index is 381.